The van der Waals surface area contributed by atoms with E-state index in [0.717, 1.165) is 38.9 Å². The van der Waals surface area contributed by atoms with Gasteiger partial charge < -0.3 is 31.2 Å². The molecule has 0 saturated heterocycles. The van der Waals surface area contributed by atoms with Gasteiger partial charge in [0.05, 0.1) is 23.5 Å². The summed E-state index contributed by atoms with van der Waals surface area (Å²) in [6.45, 7) is 2.03. The van der Waals surface area contributed by atoms with E-state index in [1.807, 2.05) is 61.5 Å². The Kier molecular flexibility index (Phi) is 10.1. The fraction of sp³-hybridized carbons (Fsp3) is 0.0625. The number of nitrogens with one attached hydrogen (secondary N) is 1. The second-order valence-corrected chi connectivity index (χ2v) is 9.50. The number of carbonyl (C=O) groups is 1. The third-order valence-corrected chi connectivity index (χ3v) is 6.14. The molecule has 45 heavy (non-hydrogen) atoms. The first-order valence-electron chi connectivity index (χ1n) is 13.3. The SMILES string of the molecule is COc1ccc(-c2cc(=[NH+]c3ccc(OC(=O)/C=C/c4cccc([N+](=O)[O-])c4)cc3)c3cc(C)ccc3o2)cc1.F[B-](F)(F)F. The molecular formula is C32H25BF4N2O6. The highest BCUT2D eigenvalue weighted by Gasteiger charge is 2.20. The smallest absolute Gasteiger partial charge is 0.497 e. The highest BCUT2D eigenvalue weighted by Crippen LogP contribution is 2.24. The first kappa shape index (κ1) is 32.2. The van der Waals surface area contributed by atoms with Crippen molar-refractivity contribution in [3.63, 3.8) is 0 Å². The summed E-state index contributed by atoms with van der Waals surface area (Å²) in [5.41, 5.74) is 4.01. The Balaban J connectivity index is 0.000000854. The monoisotopic (exact) mass is 620 g/mol. The van der Waals surface area contributed by atoms with Crippen molar-refractivity contribution in [2.24, 2.45) is 0 Å². The van der Waals surface area contributed by atoms with Gasteiger partial charge in [-0.25, -0.2) is 9.79 Å². The molecule has 1 N–H and O–H groups in total. The Morgan fingerprint density at radius 3 is 2.22 bits per heavy atom. The summed E-state index contributed by atoms with van der Waals surface area (Å²) in [5, 5.41) is 12.7. The number of methoxy groups -OCH3 is 1. The maximum atomic E-state index is 12.3. The van der Waals surface area contributed by atoms with E-state index in [-0.39, 0.29) is 5.69 Å². The number of hydrogen-bond acceptors (Lipinski definition) is 6. The molecule has 0 aliphatic heterocycles. The number of fused-ring (bicyclic) bond motifs is 1. The van der Waals surface area contributed by atoms with Crippen molar-refractivity contribution < 1.29 is 45.9 Å². The van der Waals surface area contributed by atoms with Crippen LogP contribution in [0, 0.1) is 17.0 Å². The van der Waals surface area contributed by atoms with Crippen molar-refractivity contribution in [1.29, 1.82) is 0 Å². The molecule has 5 aromatic rings. The number of nitro groups is 1. The maximum Gasteiger partial charge on any atom is 0.673 e. The Morgan fingerprint density at radius 1 is 0.911 bits per heavy atom. The summed E-state index contributed by atoms with van der Waals surface area (Å²) < 4.78 is 55.9. The number of benzene rings is 4. The Labute approximate surface area is 254 Å². The quantitative estimate of drug-likeness (QED) is 0.0421. The molecule has 4 aromatic carbocycles. The largest absolute Gasteiger partial charge is 0.673 e. The lowest BCUT2D eigenvalue weighted by molar-refractivity contribution is -0.400. The molecule has 0 fully saturated rings. The normalized spacial score (nSPS) is 11.6. The van der Waals surface area contributed by atoms with Gasteiger partial charge in [0.15, 0.2) is 0 Å². The zero-order chi connectivity index (χ0) is 32.6. The molecule has 0 spiro atoms. The van der Waals surface area contributed by atoms with Crippen molar-refractivity contribution >= 4 is 41.6 Å². The van der Waals surface area contributed by atoms with Crippen LogP contribution in [0.3, 0.4) is 0 Å². The number of hydrogen-bond donors (Lipinski definition) is 1. The van der Waals surface area contributed by atoms with E-state index < -0.39 is 18.1 Å². The van der Waals surface area contributed by atoms with Crippen molar-refractivity contribution in [1.82, 2.24) is 0 Å². The van der Waals surface area contributed by atoms with E-state index in [1.165, 1.54) is 24.3 Å². The average Bonchev–Trinajstić information content (AvgIpc) is 3.00. The molecule has 0 aliphatic rings. The first-order chi connectivity index (χ1) is 21.4. The number of esters is 1. The molecule has 0 unspecified atom stereocenters. The Morgan fingerprint density at radius 2 is 1.58 bits per heavy atom. The minimum Gasteiger partial charge on any atom is -0.497 e. The number of aryl methyl sites for hydroxylation is 1. The molecule has 0 aliphatic carbocycles. The first-order valence-corrected chi connectivity index (χ1v) is 13.3. The van der Waals surface area contributed by atoms with Gasteiger partial charge in [-0.3, -0.25) is 10.1 Å². The minimum atomic E-state index is -6.00. The van der Waals surface area contributed by atoms with Gasteiger partial charge in [-0.2, -0.15) is 0 Å². The number of ether oxygens (including phenoxy) is 2. The summed E-state index contributed by atoms with van der Waals surface area (Å²) >= 11 is 0. The average molecular weight is 620 g/mol. The second kappa shape index (κ2) is 14.2. The van der Waals surface area contributed by atoms with Gasteiger partial charge in [-0.15, -0.1) is 0 Å². The maximum absolute atomic E-state index is 12.3. The summed E-state index contributed by atoms with van der Waals surface area (Å²) in [7, 11) is -4.37. The third-order valence-electron chi connectivity index (χ3n) is 6.14. The van der Waals surface area contributed by atoms with E-state index in [0.29, 0.717) is 17.1 Å². The Hall–Kier alpha value is -5.72. The van der Waals surface area contributed by atoms with Crippen LogP contribution in [0.25, 0.3) is 28.4 Å². The van der Waals surface area contributed by atoms with Crippen LogP contribution in [0.2, 0.25) is 0 Å². The molecule has 0 atom stereocenters. The summed E-state index contributed by atoms with van der Waals surface area (Å²) in [5.74, 6) is 1.23. The van der Waals surface area contributed by atoms with Gasteiger partial charge in [-0.05, 0) is 67.1 Å². The molecule has 13 heteroatoms. The fourth-order valence-electron chi connectivity index (χ4n) is 4.12. The van der Waals surface area contributed by atoms with E-state index >= 15 is 0 Å². The summed E-state index contributed by atoms with van der Waals surface area (Å²) in [6, 6.07) is 28.6. The molecule has 1 heterocycles. The van der Waals surface area contributed by atoms with Crippen LogP contribution in [0.5, 0.6) is 11.5 Å². The molecule has 8 nitrogen and oxygen atoms in total. The fourth-order valence-corrected chi connectivity index (χ4v) is 4.12. The standard InChI is InChI=1S/C32H24N2O6.BF4/c1-21-6-16-30-28(18-21)29(20-31(40-30)23-8-12-26(38-2)13-9-23)33-24-10-14-27(15-11-24)39-32(35)17-7-22-4-3-5-25(19-22)34(36)37;2-1(3,4)5/h3-20H,1-2H3;/q;-1/p+1/b17-7+,33-29?;. The Bertz CT molecular complexity index is 1920. The zero-order valence-corrected chi connectivity index (χ0v) is 23.9. The van der Waals surface area contributed by atoms with Crippen molar-refractivity contribution in [2.45, 2.75) is 6.92 Å². The molecule has 0 saturated carbocycles. The molecule has 0 radical (unpaired) electrons. The van der Waals surface area contributed by atoms with Crippen LogP contribution in [0.15, 0.2) is 108 Å². The molecular weight excluding hydrogens is 595 g/mol. The predicted octanol–water partition coefficient (Wildman–Crippen LogP) is 6.56. The molecule has 0 bridgehead atoms. The number of nitrogens with zero attached hydrogens (tertiary/aromatic N) is 1. The van der Waals surface area contributed by atoms with Crippen LogP contribution >= 0.6 is 0 Å². The van der Waals surface area contributed by atoms with Gasteiger partial charge >= 0.3 is 13.2 Å². The summed E-state index contributed by atoms with van der Waals surface area (Å²) in [4.78, 5) is 26.2. The van der Waals surface area contributed by atoms with Crippen LogP contribution in [0.1, 0.15) is 11.1 Å². The van der Waals surface area contributed by atoms with Crippen molar-refractivity contribution in [3.8, 4) is 22.8 Å². The number of non-ortho nitro benzene ring substituents is 1. The van der Waals surface area contributed by atoms with Gasteiger partial charge in [0.2, 0.25) is 11.0 Å². The van der Waals surface area contributed by atoms with Gasteiger partial charge in [0.25, 0.3) is 5.69 Å². The number of carbonyl (C=O) groups excluding carboxylic acids is 1. The predicted molar refractivity (Wildman–Crippen MR) is 161 cm³/mol. The van der Waals surface area contributed by atoms with E-state index in [4.69, 9.17) is 13.9 Å². The number of halogens is 4. The molecule has 1 aromatic heterocycles. The van der Waals surface area contributed by atoms with E-state index in [1.54, 1.807) is 31.4 Å². The zero-order valence-electron chi connectivity index (χ0n) is 23.9. The van der Waals surface area contributed by atoms with Crippen molar-refractivity contribution in [3.05, 3.63) is 130 Å². The van der Waals surface area contributed by atoms with Crippen molar-refractivity contribution in [2.75, 3.05) is 7.11 Å². The van der Waals surface area contributed by atoms with Crippen LogP contribution in [0.4, 0.5) is 28.6 Å². The molecule has 0 amide bonds. The lowest BCUT2D eigenvalue weighted by Crippen LogP contribution is -2.70. The molecule has 5 rings (SSSR count). The number of rotatable bonds is 7. The third kappa shape index (κ3) is 9.65. The van der Waals surface area contributed by atoms with E-state index in [2.05, 4.69) is 11.1 Å². The minimum absolute atomic E-state index is 0.0512. The van der Waals surface area contributed by atoms with Crippen LogP contribution in [-0.2, 0) is 4.79 Å². The summed E-state index contributed by atoms with van der Waals surface area (Å²) in [6.07, 6.45) is 2.70. The van der Waals surface area contributed by atoms with E-state index in [9.17, 15) is 32.2 Å². The second-order valence-electron chi connectivity index (χ2n) is 9.50. The van der Waals surface area contributed by atoms with Gasteiger partial charge in [0.1, 0.15) is 22.8 Å². The number of nitro benzene ring substituents is 1. The molecule has 230 valence electrons. The lowest BCUT2D eigenvalue weighted by Gasteiger charge is -2.05. The lowest BCUT2D eigenvalue weighted by atomic mass is 10.1. The van der Waals surface area contributed by atoms with Gasteiger partial charge in [0, 0.05) is 35.9 Å². The van der Waals surface area contributed by atoms with Gasteiger partial charge in [-0.1, -0.05) is 23.8 Å². The highest BCUT2D eigenvalue weighted by molar-refractivity contribution is 6.50. The van der Waals surface area contributed by atoms with Crippen LogP contribution < -0.4 is 19.8 Å². The topological polar surface area (TPSA) is 106 Å². The highest BCUT2D eigenvalue weighted by atomic mass is 19.5. The van der Waals surface area contributed by atoms with Crippen LogP contribution in [-0.4, -0.2) is 25.3 Å².